The van der Waals surface area contributed by atoms with Crippen molar-refractivity contribution in [2.45, 2.75) is 26.7 Å². The fourth-order valence-corrected chi connectivity index (χ4v) is 2.64. The highest BCUT2D eigenvalue weighted by Crippen LogP contribution is 2.18. The number of amides is 1. The van der Waals surface area contributed by atoms with Crippen LogP contribution in [0, 0.1) is 0 Å². The van der Waals surface area contributed by atoms with Crippen LogP contribution in [0.3, 0.4) is 0 Å². The van der Waals surface area contributed by atoms with E-state index in [0.29, 0.717) is 0 Å². The highest BCUT2D eigenvalue weighted by atomic mass is 79.9. The normalized spacial score (nSPS) is 16.4. The van der Waals surface area contributed by atoms with Crippen LogP contribution < -0.4 is 4.90 Å². The monoisotopic (exact) mass is 326 g/mol. The van der Waals surface area contributed by atoms with Gasteiger partial charge in [0.25, 0.3) is 0 Å². The van der Waals surface area contributed by atoms with Crippen LogP contribution in [0.4, 0.5) is 5.82 Å². The molecule has 0 bridgehead atoms. The van der Waals surface area contributed by atoms with E-state index in [-0.39, 0.29) is 5.91 Å². The minimum absolute atomic E-state index is 0.153. The summed E-state index contributed by atoms with van der Waals surface area (Å²) in [4.78, 5) is 24.5. The smallest absolute Gasteiger partial charge is 0.219 e. The largest absolute Gasteiger partial charge is 0.355 e. The molecule has 1 saturated heterocycles. The van der Waals surface area contributed by atoms with Gasteiger partial charge >= 0.3 is 0 Å². The van der Waals surface area contributed by atoms with Crippen LogP contribution in [0.5, 0.6) is 0 Å². The zero-order chi connectivity index (χ0) is 13.8. The molecule has 1 aromatic heterocycles. The molecule has 0 atom stereocenters. The van der Waals surface area contributed by atoms with Crippen molar-refractivity contribution in [2.24, 2.45) is 0 Å². The Balaban J connectivity index is 2.13. The number of aryl methyl sites for hydroxylation is 1. The van der Waals surface area contributed by atoms with E-state index in [1.54, 1.807) is 6.92 Å². The summed E-state index contributed by atoms with van der Waals surface area (Å²) in [6.45, 7) is 7.03. The maximum atomic E-state index is 11.4. The van der Waals surface area contributed by atoms with Crippen LogP contribution in [-0.4, -0.2) is 47.0 Å². The Labute approximate surface area is 122 Å². The van der Waals surface area contributed by atoms with Gasteiger partial charge in [-0.25, -0.2) is 9.97 Å². The Morgan fingerprint density at radius 2 is 2.11 bits per heavy atom. The predicted octanol–water partition coefficient (Wildman–Crippen LogP) is 1.86. The van der Waals surface area contributed by atoms with Crippen molar-refractivity contribution < 1.29 is 4.79 Å². The number of nitrogens with zero attached hydrogens (tertiary/aromatic N) is 4. The van der Waals surface area contributed by atoms with Gasteiger partial charge in [0.1, 0.15) is 16.2 Å². The summed E-state index contributed by atoms with van der Waals surface area (Å²) in [6.07, 6.45) is 1.79. The van der Waals surface area contributed by atoms with Gasteiger partial charge in [0, 0.05) is 45.6 Å². The summed E-state index contributed by atoms with van der Waals surface area (Å²) >= 11 is 3.43. The molecule has 1 aromatic rings. The summed E-state index contributed by atoms with van der Waals surface area (Å²) in [5.74, 6) is 1.95. The molecule has 6 heteroatoms. The van der Waals surface area contributed by atoms with Gasteiger partial charge in [-0.1, -0.05) is 6.92 Å². The summed E-state index contributed by atoms with van der Waals surface area (Å²) < 4.78 is 0.821. The maximum absolute atomic E-state index is 11.4. The van der Waals surface area contributed by atoms with Crippen molar-refractivity contribution in [3.05, 3.63) is 16.5 Å². The van der Waals surface area contributed by atoms with E-state index >= 15 is 0 Å². The number of halogens is 1. The summed E-state index contributed by atoms with van der Waals surface area (Å²) in [6, 6.07) is 1.95. The van der Waals surface area contributed by atoms with Crippen molar-refractivity contribution in [3.8, 4) is 0 Å². The van der Waals surface area contributed by atoms with E-state index in [2.05, 4.69) is 30.8 Å². The highest BCUT2D eigenvalue weighted by molar-refractivity contribution is 9.10. The van der Waals surface area contributed by atoms with Gasteiger partial charge in [-0.05, 0) is 22.4 Å². The first-order valence-electron chi connectivity index (χ1n) is 6.64. The topological polar surface area (TPSA) is 49.3 Å². The first-order valence-corrected chi connectivity index (χ1v) is 7.43. The van der Waals surface area contributed by atoms with E-state index < -0.39 is 0 Å². The molecule has 19 heavy (non-hydrogen) atoms. The van der Waals surface area contributed by atoms with Crippen molar-refractivity contribution in [3.63, 3.8) is 0 Å². The third-order valence-electron chi connectivity index (χ3n) is 3.31. The lowest BCUT2D eigenvalue weighted by atomic mass is 10.3. The minimum Gasteiger partial charge on any atom is -0.355 e. The number of carbonyl (C=O) groups excluding carboxylic acids is 1. The molecule has 5 nitrogen and oxygen atoms in total. The molecular weight excluding hydrogens is 308 g/mol. The fraction of sp³-hybridized carbons (Fsp3) is 0.615. The van der Waals surface area contributed by atoms with Crippen molar-refractivity contribution in [2.75, 3.05) is 31.1 Å². The second-order valence-electron chi connectivity index (χ2n) is 4.67. The molecule has 1 amide bonds. The SMILES string of the molecule is CCc1nc(Br)cc(N2CCCN(C(C)=O)CC2)n1. The average molecular weight is 327 g/mol. The average Bonchev–Trinajstić information content (AvgIpc) is 2.63. The molecule has 1 aliphatic rings. The van der Waals surface area contributed by atoms with Gasteiger partial charge in [0.15, 0.2) is 0 Å². The van der Waals surface area contributed by atoms with E-state index in [1.807, 2.05) is 17.9 Å². The Bertz CT molecular complexity index is 466. The lowest BCUT2D eigenvalue weighted by Gasteiger charge is -2.22. The lowest BCUT2D eigenvalue weighted by molar-refractivity contribution is -0.128. The first kappa shape index (κ1) is 14.2. The highest BCUT2D eigenvalue weighted by Gasteiger charge is 2.18. The first-order chi connectivity index (χ1) is 9.10. The number of aromatic nitrogens is 2. The molecule has 0 N–H and O–H groups in total. The Morgan fingerprint density at radius 1 is 1.32 bits per heavy atom. The third-order valence-corrected chi connectivity index (χ3v) is 3.72. The second-order valence-corrected chi connectivity index (χ2v) is 5.48. The molecule has 0 saturated carbocycles. The lowest BCUT2D eigenvalue weighted by Crippen LogP contribution is -2.34. The molecule has 0 unspecified atom stereocenters. The van der Waals surface area contributed by atoms with Gasteiger partial charge in [-0.3, -0.25) is 4.79 Å². The van der Waals surface area contributed by atoms with Gasteiger partial charge in [-0.2, -0.15) is 0 Å². The van der Waals surface area contributed by atoms with E-state index in [1.165, 1.54) is 0 Å². The number of rotatable bonds is 2. The third kappa shape index (κ3) is 3.65. The van der Waals surface area contributed by atoms with Gasteiger partial charge in [0.2, 0.25) is 5.91 Å². The van der Waals surface area contributed by atoms with Crippen LogP contribution >= 0.6 is 15.9 Å². The van der Waals surface area contributed by atoms with Crippen LogP contribution in [0.2, 0.25) is 0 Å². The predicted molar refractivity (Wildman–Crippen MR) is 78.2 cm³/mol. The molecule has 0 aliphatic carbocycles. The fourth-order valence-electron chi connectivity index (χ4n) is 2.23. The standard InChI is InChI=1S/C13H19BrN4O/c1-3-12-15-11(14)9-13(16-12)18-6-4-5-17(7-8-18)10(2)19/h9H,3-8H2,1-2H3. The molecular formula is C13H19BrN4O. The van der Waals surface area contributed by atoms with E-state index in [0.717, 1.165) is 55.3 Å². The quantitative estimate of drug-likeness (QED) is 0.778. The van der Waals surface area contributed by atoms with Crippen molar-refractivity contribution in [1.29, 1.82) is 0 Å². The number of anilines is 1. The molecule has 0 spiro atoms. The molecule has 1 fully saturated rings. The molecule has 0 aromatic carbocycles. The molecule has 2 heterocycles. The summed E-state index contributed by atoms with van der Waals surface area (Å²) in [5, 5.41) is 0. The number of hydrogen-bond acceptors (Lipinski definition) is 4. The molecule has 0 radical (unpaired) electrons. The Kier molecular flexibility index (Phi) is 4.74. The van der Waals surface area contributed by atoms with Gasteiger partial charge < -0.3 is 9.80 Å². The number of hydrogen-bond donors (Lipinski definition) is 0. The molecule has 2 rings (SSSR count). The van der Waals surface area contributed by atoms with Crippen LogP contribution in [0.25, 0.3) is 0 Å². The zero-order valence-corrected chi connectivity index (χ0v) is 13.0. The van der Waals surface area contributed by atoms with Crippen molar-refractivity contribution in [1.82, 2.24) is 14.9 Å². The summed E-state index contributed by atoms with van der Waals surface area (Å²) in [5.41, 5.74) is 0. The van der Waals surface area contributed by atoms with E-state index in [9.17, 15) is 4.79 Å². The van der Waals surface area contributed by atoms with Crippen LogP contribution in [0.15, 0.2) is 10.7 Å². The molecule has 104 valence electrons. The van der Waals surface area contributed by atoms with E-state index in [4.69, 9.17) is 0 Å². The number of carbonyl (C=O) groups is 1. The Hall–Kier alpha value is -1.17. The maximum Gasteiger partial charge on any atom is 0.219 e. The Morgan fingerprint density at radius 3 is 2.79 bits per heavy atom. The van der Waals surface area contributed by atoms with Crippen LogP contribution in [-0.2, 0) is 11.2 Å². The van der Waals surface area contributed by atoms with Gasteiger partial charge in [0.05, 0.1) is 0 Å². The minimum atomic E-state index is 0.153. The second kappa shape index (κ2) is 6.32. The molecule has 1 aliphatic heterocycles. The van der Waals surface area contributed by atoms with Crippen LogP contribution in [0.1, 0.15) is 26.1 Å². The summed E-state index contributed by atoms with van der Waals surface area (Å²) in [7, 11) is 0. The zero-order valence-electron chi connectivity index (χ0n) is 11.4. The van der Waals surface area contributed by atoms with Gasteiger partial charge in [-0.15, -0.1) is 0 Å². The van der Waals surface area contributed by atoms with Crippen molar-refractivity contribution >= 4 is 27.7 Å².